The Morgan fingerprint density at radius 2 is 2.05 bits per heavy atom. The van der Waals surface area contributed by atoms with Crippen LogP contribution < -0.4 is 11.1 Å². The highest BCUT2D eigenvalue weighted by molar-refractivity contribution is 6.33. The molecule has 6 nitrogen and oxygen atoms in total. The van der Waals surface area contributed by atoms with Gasteiger partial charge in [-0.1, -0.05) is 17.7 Å². The summed E-state index contributed by atoms with van der Waals surface area (Å²) in [6, 6.07) is 4.18. The quantitative estimate of drug-likeness (QED) is 0.618. The molecule has 1 aromatic rings. The number of nitrogens with one attached hydrogen (secondary N) is 1. The van der Waals surface area contributed by atoms with Crippen molar-refractivity contribution in [2.45, 2.75) is 39.3 Å². The van der Waals surface area contributed by atoms with Gasteiger partial charge in [0.15, 0.2) is 0 Å². The van der Waals surface area contributed by atoms with Crippen LogP contribution in [-0.4, -0.2) is 30.8 Å². The van der Waals surface area contributed by atoms with E-state index in [4.69, 9.17) is 26.8 Å². The standard InChI is InChI=1S/C15H21ClN2O4/c1-4-21-14(19)13(18-15(20)22-9(2)3)8-10-5-6-12(17)11(16)7-10/h5-7,9,13H,4,8,17H2,1-3H3,(H,18,20). The molecule has 0 heterocycles. The number of nitrogen functional groups attached to an aromatic ring is 1. The van der Waals surface area contributed by atoms with Crippen molar-refractivity contribution >= 4 is 29.4 Å². The Labute approximate surface area is 134 Å². The zero-order valence-corrected chi connectivity index (χ0v) is 13.6. The van der Waals surface area contributed by atoms with Gasteiger partial charge in [-0.25, -0.2) is 9.59 Å². The number of amides is 1. The maximum atomic E-state index is 12.0. The minimum Gasteiger partial charge on any atom is -0.464 e. The van der Waals surface area contributed by atoms with Gasteiger partial charge in [-0.2, -0.15) is 0 Å². The van der Waals surface area contributed by atoms with E-state index < -0.39 is 18.1 Å². The molecule has 122 valence electrons. The highest BCUT2D eigenvalue weighted by atomic mass is 35.5. The van der Waals surface area contributed by atoms with Crippen LogP contribution in [0.2, 0.25) is 5.02 Å². The fraction of sp³-hybridized carbons (Fsp3) is 0.467. The number of hydrogen-bond acceptors (Lipinski definition) is 5. The highest BCUT2D eigenvalue weighted by Gasteiger charge is 2.23. The minimum atomic E-state index is -0.856. The first-order valence-corrected chi connectivity index (χ1v) is 7.39. The molecule has 0 bridgehead atoms. The van der Waals surface area contributed by atoms with E-state index in [1.54, 1.807) is 39.0 Å². The molecule has 0 spiro atoms. The molecule has 0 aliphatic carbocycles. The summed E-state index contributed by atoms with van der Waals surface area (Å²) >= 11 is 5.96. The molecule has 0 fully saturated rings. The van der Waals surface area contributed by atoms with Gasteiger partial charge >= 0.3 is 12.1 Å². The molecule has 1 rings (SSSR count). The molecular weight excluding hydrogens is 308 g/mol. The van der Waals surface area contributed by atoms with E-state index in [9.17, 15) is 9.59 Å². The fourth-order valence-corrected chi connectivity index (χ4v) is 1.96. The highest BCUT2D eigenvalue weighted by Crippen LogP contribution is 2.20. The summed E-state index contributed by atoms with van der Waals surface area (Å²) in [7, 11) is 0. The van der Waals surface area contributed by atoms with E-state index in [0.717, 1.165) is 5.56 Å². The molecule has 1 amide bonds. The summed E-state index contributed by atoms with van der Waals surface area (Å²) < 4.78 is 9.95. The Morgan fingerprint density at radius 3 is 2.59 bits per heavy atom. The van der Waals surface area contributed by atoms with E-state index in [0.29, 0.717) is 10.7 Å². The molecule has 0 aliphatic heterocycles. The Bertz CT molecular complexity index is 534. The summed E-state index contributed by atoms with van der Waals surface area (Å²) in [4.78, 5) is 23.7. The zero-order chi connectivity index (χ0) is 16.7. The van der Waals surface area contributed by atoms with Crippen LogP contribution in [0.15, 0.2) is 18.2 Å². The van der Waals surface area contributed by atoms with Crippen molar-refractivity contribution in [2.24, 2.45) is 0 Å². The van der Waals surface area contributed by atoms with Gasteiger partial charge in [0.2, 0.25) is 0 Å². The second kappa shape index (κ2) is 8.48. The lowest BCUT2D eigenvalue weighted by molar-refractivity contribution is -0.145. The van der Waals surface area contributed by atoms with Gasteiger partial charge in [0, 0.05) is 6.42 Å². The maximum Gasteiger partial charge on any atom is 0.408 e. The normalized spacial score (nSPS) is 11.9. The van der Waals surface area contributed by atoms with E-state index in [1.165, 1.54) is 0 Å². The average Bonchev–Trinajstić information content (AvgIpc) is 2.41. The lowest BCUT2D eigenvalue weighted by Gasteiger charge is -2.18. The third-order valence-corrected chi connectivity index (χ3v) is 3.04. The van der Waals surface area contributed by atoms with Crippen molar-refractivity contribution in [3.05, 3.63) is 28.8 Å². The zero-order valence-electron chi connectivity index (χ0n) is 12.9. The van der Waals surface area contributed by atoms with Gasteiger partial charge in [0.1, 0.15) is 6.04 Å². The monoisotopic (exact) mass is 328 g/mol. The smallest absolute Gasteiger partial charge is 0.408 e. The first kappa shape index (κ1) is 18.1. The van der Waals surface area contributed by atoms with Gasteiger partial charge in [0.25, 0.3) is 0 Å². The SMILES string of the molecule is CCOC(=O)C(Cc1ccc(N)c(Cl)c1)NC(=O)OC(C)C. The Kier molecular flexibility index (Phi) is 6.98. The number of esters is 1. The molecule has 0 saturated heterocycles. The van der Waals surface area contributed by atoms with Crippen molar-refractivity contribution in [1.82, 2.24) is 5.32 Å². The van der Waals surface area contributed by atoms with Gasteiger partial charge in [-0.3, -0.25) is 0 Å². The fourth-order valence-electron chi connectivity index (χ4n) is 1.76. The van der Waals surface area contributed by atoms with Gasteiger partial charge in [-0.15, -0.1) is 0 Å². The number of halogens is 1. The Hall–Kier alpha value is -1.95. The summed E-state index contributed by atoms with van der Waals surface area (Å²) in [5.74, 6) is -0.531. The van der Waals surface area contributed by atoms with Crippen LogP contribution in [0.1, 0.15) is 26.3 Å². The second-order valence-corrected chi connectivity index (χ2v) is 5.37. The van der Waals surface area contributed by atoms with Crippen LogP contribution >= 0.6 is 11.6 Å². The van der Waals surface area contributed by atoms with Crippen molar-refractivity contribution in [3.63, 3.8) is 0 Å². The predicted molar refractivity (Wildman–Crippen MR) is 84.7 cm³/mol. The molecule has 1 aromatic carbocycles. The summed E-state index contributed by atoms with van der Waals surface area (Å²) in [5.41, 5.74) is 6.85. The first-order valence-electron chi connectivity index (χ1n) is 7.01. The molecule has 1 unspecified atom stereocenters. The van der Waals surface area contributed by atoms with Gasteiger partial charge < -0.3 is 20.5 Å². The van der Waals surface area contributed by atoms with Crippen molar-refractivity contribution in [3.8, 4) is 0 Å². The largest absolute Gasteiger partial charge is 0.464 e. The van der Waals surface area contributed by atoms with Crippen molar-refractivity contribution in [2.75, 3.05) is 12.3 Å². The van der Waals surface area contributed by atoms with Crippen molar-refractivity contribution < 1.29 is 19.1 Å². The Balaban J connectivity index is 2.83. The third-order valence-electron chi connectivity index (χ3n) is 2.71. The van der Waals surface area contributed by atoms with Crippen LogP contribution in [0, 0.1) is 0 Å². The van der Waals surface area contributed by atoms with Gasteiger partial charge in [-0.05, 0) is 38.5 Å². The Morgan fingerprint density at radius 1 is 1.36 bits per heavy atom. The number of carbonyl (C=O) groups is 2. The number of carbonyl (C=O) groups excluding carboxylic acids is 2. The number of ether oxygens (including phenoxy) is 2. The number of nitrogens with two attached hydrogens (primary N) is 1. The molecule has 3 N–H and O–H groups in total. The molecule has 0 aliphatic rings. The molecule has 1 atom stereocenters. The van der Waals surface area contributed by atoms with E-state index in [1.807, 2.05) is 0 Å². The number of benzene rings is 1. The van der Waals surface area contributed by atoms with E-state index in [-0.39, 0.29) is 19.1 Å². The van der Waals surface area contributed by atoms with Crippen molar-refractivity contribution in [1.29, 1.82) is 0 Å². The minimum absolute atomic E-state index is 0.221. The lowest BCUT2D eigenvalue weighted by atomic mass is 10.1. The second-order valence-electron chi connectivity index (χ2n) is 4.96. The molecule has 7 heteroatoms. The summed E-state index contributed by atoms with van der Waals surface area (Å²) in [6.07, 6.45) is -0.727. The molecule has 0 saturated carbocycles. The van der Waals surface area contributed by atoms with E-state index in [2.05, 4.69) is 5.32 Å². The molecule has 22 heavy (non-hydrogen) atoms. The number of rotatable bonds is 6. The third kappa shape index (κ3) is 5.81. The maximum absolute atomic E-state index is 12.0. The van der Waals surface area contributed by atoms with E-state index >= 15 is 0 Å². The molecular formula is C15H21ClN2O4. The molecule has 0 radical (unpaired) electrons. The van der Waals surface area contributed by atoms with Crippen LogP contribution in [0.4, 0.5) is 10.5 Å². The average molecular weight is 329 g/mol. The summed E-state index contributed by atoms with van der Waals surface area (Å²) in [6.45, 7) is 5.36. The van der Waals surface area contributed by atoms with Gasteiger partial charge in [0.05, 0.1) is 23.4 Å². The summed E-state index contributed by atoms with van der Waals surface area (Å²) in [5, 5.41) is 2.90. The van der Waals surface area contributed by atoms with Crippen LogP contribution in [-0.2, 0) is 20.7 Å². The number of hydrogen-bond donors (Lipinski definition) is 2. The lowest BCUT2D eigenvalue weighted by Crippen LogP contribution is -2.44. The topological polar surface area (TPSA) is 90.6 Å². The van der Waals surface area contributed by atoms with Crippen LogP contribution in [0.25, 0.3) is 0 Å². The number of anilines is 1. The van der Waals surface area contributed by atoms with Crippen LogP contribution in [0.5, 0.6) is 0 Å². The molecule has 0 aromatic heterocycles. The predicted octanol–water partition coefficient (Wildman–Crippen LogP) is 2.53. The first-order chi connectivity index (χ1) is 10.3. The van der Waals surface area contributed by atoms with Crippen LogP contribution in [0.3, 0.4) is 0 Å². The number of alkyl carbamates (subject to hydrolysis) is 1.